The molecule has 0 atom stereocenters. The first-order valence-electron chi connectivity index (χ1n) is 8.22. The molecule has 0 fully saturated rings. The summed E-state index contributed by atoms with van der Waals surface area (Å²) in [5.41, 5.74) is 2.04. The van der Waals surface area contributed by atoms with Gasteiger partial charge in [0.15, 0.2) is 0 Å². The van der Waals surface area contributed by atoms with Crippen LogP contribution in [0, 0.1) is 0 Å². The normalized spacial score (nSPS) is 12.1. The molecule has 2 aromatic rings. The van der Waals surface area contributed by atoms with Crippen LogP contribution in [0.15, 0.2) is 36.4 Å². The van der Waals surface area contributed by atoms with E-state index in [1.54, 1.807) is 31.4 Å². The lowest BCUT2D eigenvalue weighted by atomic mass is 9.81. The van der Waals surface area contributed by atoms with Gasteiger partial charge in [-0.3, -0.25) is 0 Å². The van der Waals surface area contributed by atoms with Crippen LogP contribution in [0.5, 0.6) is 23.0 Å². The van der Waals surface area contributed by atoms with Gasteiger partial charge in [-0.05, 0) is 47.2 Å². The number of rotatable bonds is 3. The predicted octanol–water partition coefficient (Wildman–Crippen LogP) is 5.79. The van der Waals surface area contributed by atoms with Crippen molar-refractivity contribution in [3.63, 3.8) is 0 Å². The molecule has 0 aliphatic heterocycles. The number of methoxy groups -OCH3 is 1. The fourth-order valence-electron chi connectivity index (χ4n) is 2.63. The molecule has 3 heteroatoms. The Hall–Kier alpha value is -2.16. The maximum Gasteiger partial charge on any atom is 0.131 e. The Morgan fingerprint density at radius 3 is 1.67 bits per heavy atom. The topological polar surface area (TPSA) is 38.7 Å². The lowest BCUT2D eigenvalue weighted by Gasteiger charge is -2.28. The van der Waals surface area contributed by atoms with Gasteiger partial charge in [-0.15, -0.1) is 0 Å². The molecular weight excluding hydrogens is 300 g/mol. The van der Waals surface area contributed by atoms with Crippen molar-refractivity contribution < 1.29 is 14.6 Å². The Morgan fingerprint density at radius 1 is 0.750 bits per heavy atom. The first-order valence-corrected chi connectivity index (χ1v) is 8.22. The highest BCUT2D eigenvalue weighted by atomic mass is 16.5. The molecule has 0 aliphatic rings. The summed E-state index contributed by atoms with van der Waals surface area (Å²) in [5.74, 6) is 2.62. The molecule has 0 saturated heterocycles. The standard InChI is InChI=1S/C21H28O3/c1-20(2,3)16-13-19(24-15-10-8-14(22)9-11-15)17(21(4,5)6)12-18(16)23-7/h8-13,22H,1-7H3. The molecule has 0 unspecified atom stereocenters. The van der Waals surface area contributed by atoms with Crippen LogP contribution in [0.2, 0.25) is 0 Å². The number of hydrogen-bond donors (Lipinski definition) is 1. The Bertz CT molecular complexity index is 702. The molecule has 0 bridgehead atoms. The molecule has 0 heterocycles. The minimum absolute atomic E-state index is 0.0607. The number of aromatic hydroxyl groups is 1. The van der Waals surface area contributed by atoms with Crippen LogP contribution in [0.4, 0.5) is 0 Å². The molecular formula is C21H28O3. The van der Waals surface area contributed by atoms with Crippen LogP contribution in [0.1, 0.15) is 52.7 Å². The van der Waals surface area contributed by atoms with Gasteiger partial charge < -0.3 is 14.6 Å². The maximum absolute atomic E-state index is 9.45. The Kier molecular flexibility index (Phi) is 4.84. The first-order chi connectivity index (χ1) is 11.0. The zero-order chi connectivity index (χ0) is 18.1. The third kappa shape index (κ3) is 4.02. The van der Waals surface area contributed by atoms with E-state index in [0.717, 1.165) is 22.6 Å². The van der Waals surface area contributed by atoms with Gasteiger partial charge >= 0.3 is 0 Å². The number of benzene rings is 2. The lowest BCUT2D eigenvalue weighted by molar-refractivity contribution is 0.389. The molecule has 130 valence electrons. The molecule has 0 radical (unpaired) electrons. The average Bonchev–Trinajstić information content (AvgIpc) is 2.47. The third-order valence-electron chi connectivity index (χ3n) is 3.98. The van der Waals surface area contributed by atoms with E-state index in [9.17, 15) is 5.11 Å². The second-order valence-electron chi connectivity index (χ2n) is 8.14. The molecule has 0 saturated carbocycles. The van der Waals surface area contributed by atoms with Crippen LogP contribution < -0.4 is 9.47 Å². The smallest absolute Gasteiger partial charge is 0.131 e. The second kappa shape index (κ2) is 6.39. The summed E-state index contributed by atoms with van der Waals surface area (Å²) in [6.07, 6.45) is 0. The van der Waals surface area contributed by atoms with Gasteiger partial charge in [-0.1, -0.05) is 41.5 Å². The summed E-state index contributed by atoms with van der Waals surface area (Å²) in [7, 11) is 1.71. The van der Waals surface area contributed by atoms with E-state index in [-0.39, 0.29) is 16.6 Å². The molecule has 0 spiro atoms. The summed E-state index contributed by atoms with van der Waals surface area (Å²) < 4.78 is 11.8. The van der Waals surface area contributed by atoms with Crippen molar-refractivity contribution in [3.8, 4) is 23.0 Å². The molecule has 0 aromatic heterocycles. The lowest BCUT2D eigenvalue weighted by Crippen LogP contribution is -2.17. The van der Waals surface area contributed by atoms with Crippen LogP contribution in [-0.4, -0.2) is 12.2 Å². The quantitative estimate of drug-likeness (QED) is 0.775. The van der Waals surface area contributed by atoms with Crippen LogP contribution in [0.25, 0.3) is 0 Å². The molecule has 0 amide bonds. The summed E-state index contributed by atoms with van der Waals surface area (Å²) in [6, 6.07) is 10.9. The molecule has 2 rings (SSSR count). The van der Waals surface area contributed by atoms with Crippen LogP contribution >= 0.6 is 0 Å². The van der Waals surface area contributed by atoms with E-state index < -0.39 is 0 Å². The van der Waals surface area contributed by atoms with Gasteiger partial charge in [0.2, 0.25) is 0 Å². The SMILES string of the molecule is COc1cc(C(C)(C)C)c(Oc2ccc(O)cc2)cc1C(C)(C)C. The van der Waals surface area contributed by atoms with Gasteiger partial charge in [-0.2, -0.15) is 0 Å². The number of hydrogen-bond acceptors (Lipinski definition) is 3. The van der Waals surface area contributed by atoms with Gasteiger partial charge in [0.1, 0.15) is 23.0 Å². The van der Waals surface area contributed by atoms with Gasteiger partial charge in [0.05, 0.1) is 7.11 Å². The van der Waals surface area contributed by atoms with Crippen LogP contribution in [-0.2, 0) is 10.8 Å². The highest BCUT2D eigenvalue weighted by Crippen LogP contribution is 2.42. The minimum atomic E-state index is -0.0874. The van der Waals surface area contributed by atoms with E-state index in [4.69, 9.17) is 9.47 Å². The van der Waals surface area contributed by atoms with Crippen molar-refractivity contribution in [1.82, 2.24) is 0 Å². The predicted molar refractivity (Wildman–Crippen MR) is 98.6 cm³/mol. The summed E-state index contributed by atoms with van der Waals surface area (Å²) in [4.78, 5) is 0. The number of phenols is 1. The fraction of sp³-hybridized carbons (Fsp3) is 0.429. The van der Waals surface area contributed by atoms with E-state index in [1.807, 2.05) is 0 Å². The Balaban J connectivity index is 2.60. The van der Waals surface area contributed by atoms with Gasteiger partial charge in [0.25, 0.3) is 0 Å². The summed E-state index contributed by atoms with van der Waals surface area (Å²) >= 11 is 0. The molecule has 0 aliphatic carbocycles. The molecule has 1 N–H and O–H groups in total. The zero-order valence-corrected chi connectivity index (χ0v) is 15.7. The number of ether oxygens (including phenoxy) is 2. The van der Waals surface area contributed by atoms with E-state index >= 15 is 0 Å². The van der Waals surface area contributed by atoms with E-state index in [0.29, 0.717) is 5.75 Å². The fourth-order valence-corrected chi connectivity index (χ4v) is 2.63. The van der Waals surface area contributed by atoms with Crippen molar-refractivity contribution in [3.05, 3.63) is 47.5 Å². The average molecular weight is 328 g/mol. The second-order valence-corrected chi connectivity index (χ2v) is 8.14. The van der Waals surface area contributed by atoms with Crippen molar-refractivity contribution in [2.75, 3.05) is 7.11 Å². The number of phenolic OH excluding ortho intramolecular Hbond substituents is 1. The van der Waals surface area contributed by atoms with Crippen molar-refractivity contribution >= 4 is 0 Å². The van der Waals surface area contributed by atoms with Crippen molar-refractivity contribution in [1.29, 1.82) is 0 Å². The van der Waals surface area contributed by atoms with Crippen LogP contribution in [0.3, 0.4) is 0 Å². The Morgan fingerprint density at radius 2 is 1.21 bits per heavy atom. The van der Waals surface area contributed by atoms with Gasteiger partial charge in [0, 0.05) is 11.1 Å². The maximum atomic E-state index is 9.45. The third-order valence-corrected chi connectivity index (χ3v) is 3.98. The summed E-state index contributed by atoms with van der Waals surface area (Å²) in [6.45, 7) is 12.9. The molecule has 2 aromatic carbocycles. The van der Waals surface area contributed by atoms with E-state index in [1.165, 1.54) is 0 Å². The molecule has 3 nitrogen and oxygen atoms in total. The minimum Gasteiger partial charge on any atom is -0.508 e. The highest BCUT2D eigenvalue weighted by Gasteiger charge is 2.26. The first kappa shape index (κ1) is 18.2. The van der Waals surface area contributed by atoms with E-state index in [2.05, 4.69) is 53.7 Å². The van der Waals surface area contributed by atoms with Crippen molar-refractivity contribution in [2.24, 2.45) is 0 Å². The Labute approximate surface area is 145 Å². The van der Waals surface area contributed by atoms with Crippen molar-refractivity contribution in [2.45, 2.75) is 52.4 Å². The zero-order valence-electron chi connectivity index (χ0n) is 15.7. The molecule has 24 heavy (non-hydrogen) atoms. The van der Waals surface area contributed by atoms with Gasteiger partial charge in [-0.25, -0.2) is 0 Å². The largest absolute Gasteiger partial charge is 0.508 e. The summed E-state index contributed by atoms with van der Waals surface area (Å²) in [5, 5.41) is 9.45. The highest BCUT2D eigenvalue weighted by molar-refractivity contribution is 5.53. The monoisotopic (exact) mass is 328 g/mol.